The first-order chi connectivity index (χ1) is 22.1. The van der Waals surface area contributed by atoms with Crippen molar-refractivity contribution in [3.63, 3.8) is 0 Å². The normalized spacial score (nSPS) is 14.7. The Morgan fingerprint density at radius 3 is 2.46 bits per heavy atom. The van der Waals surface area contributed by atoms with Crippen molar-refractivity contribution < 1.29 is 19.0 Å². The van der Waals surface area contributed by atoms with Crippen molar-refractivity contribution in [1.29, 1.82) is 0 Å². The first-order valence-corrected chi connectivity index (χ1v) is 17.2. The van der Waals surface area contributed by atoms with Gasteiger partial charge in [0.15, 0.2) is 16.3 Å². The Kier molecular flexibility index (Phi) is 10.9. The van der Waals surface area contributed by atoms with Crippen LogP contribution in [0.25, 0.3) is 6.08 Å². The molecule has 2 heterocycles. The van der Waals surface area contributed by atoms with Crippen LogP contribution in [0.3, 0.4) is 0 Å². The van der Waals surface area contributed by atoms with Crippen molar-refractivity contribution in [2.45, 2.75) is 59.1 Å². The van der Waals surface area contributed by atoms with Crippen molar-refractivity contribution in [3.05, 3.63) is 123 Å². The van der Waals surface area contributed by atoms with Gasteiger partial charge in [-0.3, -0.25) is 9.36 Å². The fraction of sp³-hybridized carbons (Fsp3) is 0.306. The van der Waals surface area contributed by atoms with Gasteiger partial charge in [-0.25, -0.2) is 9.79 Å². The number of carbonyl (C=O) groups is 1. The summed E-state index contributed by atoms with van der Waals surface area (Å²) in [5.41, 5.74) is 4.52. The molecule has 3 aromatic carbocycles. The lowest BCUT2D eigenvalue weighted by molar-refractivity contribution is -0.139. The molecule has 0 N–H and O–H groups in total. The fourth-order valence-electron chi connectivity index (χ4n) is 5.35. The number of halogens is 2. The molecular formula is C36H36BrClN2O5S. The van der Waals surface area contributed by atoms with Crippen molar-refractivity contribution >= 4 is 50.9 Å². The number of methoxy groups -OCH3 is 1. The van der Waals surface area contributed by atoms with Crippen molar-refractivity contribution in [2.24, 2.45) is 4.99 Å². The van der Waals surface area contributed by atoms with Crippen LogP contribution in [0.4, 0.5) is 0 Å². The number of allylic oxidation sites excluding steroid dienone is 1. The predicted molar refractivity (Wildman–Crippen MR) is 187 cm³/mol. The molecule has 1 atom stereocenters. The van der Waals surface area contributed by atoms with Crippen molar-refractivity contribution in [1.82, 2.24) is 4.57 Å². The summed E-state index contributed by atoms with van der Waals surface area (Å²) in [6, 6.07) is 18.6. The van der Waals surface area contributed by atoms with Crippen LogP contribution in [0.15, 0.2) is 86.2 Å². The van der Waals surface area contributed by atoms with Crippen LogP contribution in [-0.4, -0.2) is 24.3 Å². The Labute approximate surface area is 285 Å². The molecule has 4 aromatic rings. The first-order valence-electron chi connectivity index (χ1n) is 15.2. The summed E-state index contributed by atoms with van der Waals surface area (Å²) in [4.78, 5) is 33.1. The Morgan fingerprint density at radius 2 is 1.83 bits per heavy atom. The lowest BCUT2D eigenvalue weighted by Crippen LogP contribution is -2.40. The summed E-state index contributed by atoms with van der Waals surface area (Å²) < 4.78 is 20.1. The molecule has 1 aliphatic rings. The van der Waals surface area contributed by atoms with Gasteiger partial charge in [0.1, 0.15) is 6.61 Å². The Morgan fingerprint density at radius 1 is 1.11 bits per heavy atom. The number of esters is 1. The number of aromatic nitrogens is 1. The van der Waals surface area contributed by atoms with Gasteiger partial charge in [0.25, 0.3) is 5.56 Å². The van der Waals surface area contributed by atoms with E-state index in [-0.39, 0.29) is 12.2 Å². The van der Waals surface area contributed by atoms with E-state index in [0.29, 0.717) is 60.5 Å². The third-order valence-electron chi connectivity index (χ3n) is 7.66. The van der Waals surface area contributed by atoms with E-state index in [4.69, 9.17) is 30.8 Å². The summed E-state index contributed by atoms with van der Waals surface area (Å²) in [5.74, 6) is 0.951. The van der Waals surface area contributed by atoms with Crippen LogP contribution in [0.5, 0.6) is 11.5 Å². The number of ether oxygens (including phenoxy) is 3. The van der Waals surface area contributed by atoms with E-state index in [9.17, 15) is 9.59 Å². The lowest BCUT2D eigenvalue weighted by atomic mass is 9.92. The molecule has 5 rings (SSSR count). The molecule has 0 aliphatic carbocycles. The maximum Gasteiger partial charge on any atom is 0.338 e. The summed E-state index contributed by atoms with van der Waals surface area (Å²) in [6.45, 7) is 8.63. The highest BCUT2D eigenvalue weighted by atomic mass is 79.9. The molecular weight excluding hydrogens is 688 g/mol. The zero-order valence-corrected chi connectivity index (χ0v) is 29.6. The van der Waals surface area contributed by atoms with Crippen LogP contribution in [0.1, 0.15) is 74.8 Å². The highest BCUT2D eigenvalue weighted by molar-refractivity contribution is 9.10. The molecule has 240 valence electrons. The van der Waals surface area contributed by atoms with Gasteiger partial charge in [-0.15, -0.1) is 0 Å². The number of rotatable bonds is 11. The number of fused-ring (bicyclic) bond motifs is 1. The molecule has 0 spiro atoms. The topological polar surface area (TPSA) is 79.1 Å². The second-order valence-electron chi connectivity index (χ2n) is 11.2. The van der Waals surface area contributed by atoms with Gasteiger partial charge in [-0.05, 0) is 87.8 Å². The number of nitrogens with zero attached hydrogens (tertiary/aromatic N) is 2. The molecule has 0 saturated heterocycles. The van der Waals surface area contributed by atoms with E-state index in [1.54, 1.807) is 18.6 Å². The highest BCUT2D eigenvalue weighted by Gasteiger charge is 2.34. The molecule has 0 bridgehead atoms. The molecule has 0 amide bonds. The fourth-order valence-corrected chi connectivity index (χ4v) is 7.07. The second-order valence-corrected chi connectivity index (χ2v) is 13.5. The number of hydrogen-bond acceptors (Lipinski definition) is 7. The maximum absolute atomic E-state index is 14.2. The minimum atomic E-state index is -0.662. The first kappa shape index (κ1) is 33.7. The second kappa shape index (κ2) is 14.8. The Bertz CT molecular complexity index is 1950. The van der Waals surface area contributed by atoms with Crippen LogP contribution < -0.4 is 24.4 Å². The van der Waals surface area contributed by atoms with Crippen LogP contribution >= 0.6 is 38.9 Å². The van der Waals surface area contributed by atoms with Crippen molar-refractivity contribution in [2.75, 3.05) is 13.7 Å². The third kappa shape index (κ3) is 7.17. The quantitative estimate of drug-likeness (QED) is 0.148. The lowest BCUT2D eigenvalue weighted by Gasteiger charge is -2.26. The summed E-state index contributed by atoms with van der Waals surface area (Å²) in [7, 11) is 1.57. The van der Waals surface area contributed by atoms with E-state index in [0.717, 1.165) is 23.1 Å². The molecule has 0 fully saturated rings. The summed E-state index contributed by atoms with van der Waals surface area (Å²) >= 11 is 10.9. The largest absolute Gasteiger partial charge is 0.493 e. The molecule has 0 radical (unpaired) electrons. The SMILES string of the molecule is CCCC1=C(C(=O)OCC)[C@@H](c2ccc(C(C)C)cc2)n2c(s/c(=C\c3cc(Br)c(OCc4ccc(Cl)cc4)c(OC)c3)c2=O)=N1. The van der Waals surface area contributed by atoms with Gasteiger partial charge < -0.3 is 14.2 Å². The summed E-state index contributed by atoms with van der Waals surface area (Å²) in [6.07, 6.45) is 3.18. The standard InChI is InChI=1S/C36H36BrClN2O5S/c1-6-8-28-31(35(42)44-7-2)32(25-13-11-24(12-14-25)21(3)4)40-34(41)30(46-36(40)39-28)19-23-17-27(37)33(29(18-23)43-5)45-20-22-9-15-26(38)16-10-22/h9-19,21,32H,6-8,20H2,1-5H3/b30-19-/t32-/m1/s1. The van der Waals surface area contributed by atoms with E-state index in [1.807, 2.05) is 61.5 Å². The van der Waals surface area contributed by atoms with Gasteiger partial charge in [0, 0.05) is 5.02 Å². The zero-order valence-electron chi connectivity index (χ0n) is 26.4. The molecule has 7 nitrogen and oxygen atoms in total. The van der Waals surface area contributed by atoms with Crippen molar-refractivity contribution in [3.8, 4) is 11.5 Å². The van der Waals surface area contributed by atoms with Gasteiger partial charge in [0.05, 0.1) is 40.0 Å². The van der Waals surface area contributed by atoms with Crippen LogP contribution in [-0.2, 0) is 16.1 Å². The van der Waals surface area contributed by atoms with E-state index >= 15 is 0 Å². The minimum absolute atomic E-state index is 0.223. The number of thiazole rings is 1. The molecule has 1 aliphatic heterocycles. The van der Waals surface area contributed by atoms with E-state index in [2.05, 4.69) is 41.9 Å². The average molecular weight is 724 g/mol. The van der Waals surface area contributed by atoms with E-state index < -0.39 is 12.0 Å². The average Bonchev–Trinajstić information content (AvgIpc) is 3.34. The smallest absolute Gasteiger partial charge is 0.338 e. The van der Waals surface area contributed by atoms with E-state index in [1.165, 1.54) is 16.9 Å². The Balaban J connectivity index is 1.60. The number of carbonyl (C=O) groups excluding carboxylic acids is 1. The molecule has 1 aromatic heterocycles. The van der Waals surface area contributed by atoms with Crippen LogP contribution in [0, 0.1) is 0 Å². The van der Waals surface area contributed by atoms with Gasteiger partial charge >= 0.3 is 5.97 Å². The predicted octanol–water partition coefficient (Wildman–Crippen LogP) is 7.71. The number of benzene rings is 3. The van der Waals surface area contributed by atoms with Gasteiger partial charge in [-0.2, -0.15) is 0 Å². The third-order valence-corrected chi connectivity index (χ3v) is 9.48. The zero-order chi connectivity index (χ0) is 33.0. The molecule has 10 heteroatoms. The van der Waals surface area contributed by atoms with Gasteiger partial charge in [0.2, 0.25) is 0 Å². The molecule has 46 heavy (non-hydrogen) atoms. The molecule has 0 saturated carbocycles. The summed E-state index contributed by atoms with van der Waals surface area (Å²) in [5, 5.41) is 0.659. The highest BCUT2D eigenvalue weighted by Crippen LogP contribution is 2.38. The monoisotopic (exact) mass is 722 g/mol. The maximum atomic E-state index is 14.2. The Hall–Kier alpha value is -3.66. The van der Waals surface area contributed by atoms with Gasteiger partial charge in [-0.1, -0.05) is 86.5 Å². The molecule has 0 unspecified atom stereocenters. The number of hydrogen-bond donors (Lipinski definition) is 0. The minimum Gasteiger partial charge on any atom is -0.493 e. The van der Waals surface area contributed by atoms with Crippen LogP contribution in [0.2, 0.25) is 5.02 Å².